The third kappa shape index (κ3) is 5.91. The van der Waals surface area contributed by atoms with Crippen LogP contribution in [-0.4, -0.2) is 47.2 Å². The van der Waals surface area contributed by atoms with Crippen LogP contribution in [0.2, 0.25) is 0 Å². The summed E-state index contributed by atoms with van der Waals surface area (Å²) in [5.74, 6) is 0.728. The molecule has 1 aliphatic rings. The standard InChI is InChI=1S/C15H30N2O2/c1-12(2)6-9-16-14(18)13(3)17-10-5-7-15(4,19)8-11-17/h12-13,19H,5-11H2,1-4H3,(H,16,18). The van der Waals surface area contributed by atoms with E-state index in [1.807, 2.05) is 13.8 Å². The fourth-order valence-electron chi connectivity index (χ4n) is 2.47. The third-order valence-corrected chi connectivity index (χ3v) is 4.05. The van der Waals surface area contributed by atoms with Gasteiger partial charge in [-0.1, -0.05) is 13.8 Å². The van der Waals surface area contributed by atoms with Gasteiger partial charge in [0.25, 0.3) is 0 Å². The van der Waals surface area contributed by atoms with Crippen molar-refractivity contribution in [3.63, 3.8) is 0 Å². The number of aliphatic hydroxyl groups is 1. The Balaban J connectivity index is 2.39. The van der Waals surface area contributed by atoms with E-state index in [-0.39, 0.29) is 11.9 Å². The Morgan fingerprint density at radius 2 is 2.00 bits per heavy atom. The third-order valence-electron chi connectivity index (χ3n) is 4.05. The van der Waals surface area contributed by atoms with Crippen molar-refractivity contribution < 1.29 is 9.90 Å². The molecule has 112 valence electrons. The van der Waals surface area contributed by atoms with Crippen LogP contribution in [0.5, 0.6) is 0 Å². The summed E-state index contributed by atoms with van der Waals surface area (Å²) in [5, 5.41) is 13.1. The molecule has 2 unspecified atom stereocenters. The minimum Gasteiger partial charge on any atom is -0.390 e. The first-order chi connectivity index (χ1) is 8.82. The number of nitrogens with one attached hydrogen (secondary N) is 1. The van der Waals surface area contributed by atoms with Gasteiger partial charge in [0, 0.05) is 13.1 Å². The first-order valence-electron chi connectivity index (χ1n) is 7.56. The van der Waals surface area contributed by atoms with Crippen LogP contribution >= 0.6 is 0 Å². The van der Waals surface area contributed by atoms with E-state index < -0.39 is 5.60 Å². The van der Waals surface area contributed by atoms with E-state index in [0.29, 0.717) is 5.92 Å². The van der Waals surface area contributed by atoms with Crippen molar-refractivity contribution in [1.82, 2.24) is 10.2 Å². The van der Waals surface area contributed by atoms with Crippen molar-refractivity contribution in [1.29, 1.82) is 0 Å². The Morgan fingerprint density at radius 1 is 1.32 bits per heavy atom. The van der Waals surface area contributed by atoms with Crippen LogP contribution in [0, 0.1) is 5.92 Å². The van der Waals surface area contributed by atoms with Gasteiger partial charge in [-0.3, -0.25) is 9.69 Å². The average molecular weight is 270 g/mol. The van der Waals surface area contributed by atoms with Crippen LogP contribution in [0.25, 0.3) is 0 Å². The minimum absolute atomic E-state index is 0.0962. The van der Waals surface area contributed by atoms with Gasteiger partial charge < -0.3 is 10.4 Å². The fourth-order valence-corrected chi connectivity index (χ4v) is 2.47. The van der Waals surface area contributed by atoms with Crippen molar-refractivity contribution >= 4 is 5.91 Å². The van der Waals surface area contributed by atoms with Gasteiger partial charge in [-0.05, 0) is 52.0 Å². The molecule has 4 heteroatoms. The van der Waals surface area contributed by atoms with Crippen LogP contribution in [0.3, 0.4) is 0 Å². The molecule has 0 bridgehead atoms. The van der Waals surface area contributed by atoms with Crippen LogP contribution in [0.15, 0.2) is 0 Å². The van der Waals surface area contributed by atoms with Gasteiger partial charge in [-0.2, -0.15) is 0 Å². The smallest absolute Gasteiger partial charge is 0.237 e. The molecule has 1 heterocycles. The first-order valence-corrected chi connectivity index (χ1v) is 7.56. The van der Waals surface area contributed by atoms with E-state index in [4.69, 9.17) is 0 Å². The van der Waals surface area contributed by atoms with Gasteiger partial charge >= 0.3 is 0 Å². The van der Waals surface area contributed by atoms with Crippen LogP contribution < -0.4 is 5.32 Å². The highest BCUT2D eigenvalue weighted by Gasteiger charge is 2.29. The molecule has 1 amide bonds. The summed E-state index contributed by atoms with van der Waals surface area (Å²) in [6, 6.07) is -0.0962. The summed E-state index contributed by atoms with van der Waals surface area (Å²) in [5.41, 5.74) is -0.567. The lowest BCUT2D eigenvalue weighted by Gasteiger charge is -2.27. The highest BCUT2D eigenvalue weighted by atomic mass is 16.3. The highest BCUT2D eigenvalue weighted by molar-refractivity contribution is 5.81. The van der Waals surface area contributed by atoms with E-state index in [1.54, 1.807) is 0 Å². The molecule has 4 nitrogen and oxygen atoms in total. The molecule has 1 aliphatic heterocycles. The van der Waals surface area contributed by atoms with E-state index in [1.165, 1.54) is 0 Å². The van der Waals surface area contributed by atoms with Gasteiger partial charge in [-0.15, -0.1) is 0 Å². The number of carbonyl (C=O) groups is 1. The summed E-state index contributed by atoms with van der Waals surface area (Å²) in [4.78, 5) is 14.3. The Labute approximate surface area is 117 Å². The molecule has 0 saturated carbocycles. The summed E-state index contributed by atoms with van der Waals surface area (Å²) >= 11 is 0. The largest absolute Gasteiger partial charge is 0.390 e. The van der Waals surface area contributed by atoms with E-state index >= 15 is 0 Å². The zero-order valence-corrected chi connectivity index (χ0v) is 12.9. The zero-order chi connectivity index (χ0) is 14.5. The highest BCUT2D eigenvalue weighted by Crippen LogP contribution is 2.22. The molecule has 0 radical (unpaired) electrons. The van der Waals surface area contributed by atoms with E-state index in [2.05, 4.69) is 24.1 Å². The second-order valence-corrected chi connectivity index (χ2v) is 6.54. The van der Waals surface area contributed by atoms with E-state index in [9.17, 15) is 9.90 Å². The van der Waals surface area contributed by atoms with Crippen LogP contribution in [0.1, 0.15) is 53.4 Å². The maximum Gasteiger partial charge on any atom is 0.237 e. The molecular formula is C15H30N2O2. The maximum absolute atomic E-state index is 12.1. The Morgan fingerprint density at radius 3 is 2.63 bits per heavy atom. The number of amides is 1. The topological polar surface area (TPSA) is 52.6 Å². The molecule has 0 aromatic carbocycles. The Hall–Kier alpha value is -0.610. The lowest BCUT2D eigenvalue weighted by atomic mass is 9.98. The molecule has 19 heavy (non-hydrogen) atoms. The van der Waals surface area contributed by atoms with Crippen LogP contribution in [0.4, 0.5) is 0 Å². The van der Waals surface area contributed by atoms with Gasteiger partial charge in [0.1, 0.15) is 0 Å². The number of hydrogen-bond acceptors (Lipinski definition) is 3. The second-order valence-electron chi connectivity index (χ2n) is 6.54. The lowest BCUT2D eigenvalue weighted by molar-refractivity contribution is -0.126. The number of carbonyl (C=O) groups excluding carboxylic acids is 1. The number of rotatable bonds is 5. The fraction of sp³-hybridized carbons (Fsp3) is 0.933. The van der Waals surface area contributed by atoms with Gasteiger partial charge in [-0.25, -0.2) is 0 Å². The van der Waals surface area contributed by atoms with Crippen molar-refractivity contribution in [3.05, 3.63) is 0 Å². The molecule has 1 fully saturated rings. The second kappa shape index (κ2) is 7.25. The predicted octanol–water partition coefficient (Wildman–Crippen LogP) is 1.77. The predicted molar refractivity (Wildman–Crippen MR) is 78.0 cm³/mol. The maximum atomic E-state index is 12.1. The Bertz CT molecular complexity index is 290. The van der Waals surface area contributed by atoms with Gasteiger partial charge in [0.05, 0.1) is 11.6 Å². The summed E-state index contributed by atoms with van der Waals surface area (Å²) in [7, 11) is 0. The van der Waals surface area contributed by atoms with Crippen molar-refractivity contribution in [3.8, 4) is 0 Å². The number of hydrogen-bond donors (Lipinski definition) is 2. The molecule has 0 aromatic heterocycles. The molecule has 2 atom stereocenters. The van der Waals surface area contributed by atoms with Crippen LogP contribution in [-0.2, 0) is 4.79 Å². The molecule has 0 aromatic rings. The van der Waals surface area contributed by atoms with E-state index in [0.717, 1.165) is 45.3 Å². The molecule has 0 aliphatic carbocycles. The quantitative estimate of drug-likeness (QED) is 0.800. The average Bonchev–Trinajstić information content (AvgIpc) is 2.48. The summed E-state index contributed by atoms with van der Waals surface area (Å²) in [6.45, 7) is 10.6. The zero-order valence-electron chi connectivity index (χ0n) is 12.9. The van der Waals surface area contributed by atoms with Crippen molar-refractivity contribution in [2.45, 2.75) is 65.0 Å². The minimum atomic E-state index is -0.567. The number of nitrogens with zero attached hydrogens (tertiary/aromatic N) is 1. The molecule has 1 saturated heterocycles. The normalized spacial score (nSPS) is 27.1. The Kier molecular flexibility index (Phi) is 6.27. The van der Waals surface area contributed by atoms with Gasteiger partial charge in [0.15, 0.2) is 0 Å². The lowest BCUT2D eigenvalue weighted by Crippen LogP contribution is -2.46. The number of likely N-dealkylation sites (tertiary alicyclic amines) is 1. The summed E-state index contributed by atoms with van der Waals surface area (Å²) in [6.07, 6.45) is 3.55. The molecule has 2 N–H and O–H groups in total. The first kappa shape index (κ1) is 16.4. The molecule has 0 spiro atoms. The molecular weight excluding hydrogens is 240 g/mol. The summed E-state index contributed by atoms with van der Waals surface area (Å²) < 4.78 is 0. The van der Waals surface area contributed by atoms with Gasteiger partial charge in [0.2, 0.25) is 5.91 Å². The van der Waals surface area contributed by atoms with Crippen molar-refractivity contribution in [2.24, 2.45) is 5.92 Å². The van der Waals surface area contributed by atoms with Crippen molar-refractivity contribution in [2.75, 3.05) is 19.6 Å². The molecule has 1 rings (SSSR count). The SMILES string of the molecule is CC(C)CCNC(=O)C(C)N1CCCC(C)(O)CC1. The monoisotopic (exact) mass is 270 g/mol.